The molecule has 4 heteroatoms. The molecule has 3 nitrogen and oxygen atoms in total. The SMILES string of the molecule is ClCc1nnc(CC2CCCC2)n1-c1ccccc1. The molecule has 1 aromatic carbocycles. The minimum atomic E-state index is 0.395. The van der Waals surface area contributed by atoms with E-state index in [9.17, 15) is 0 Å². The van der Waals surface area contributed by atoms with Gasteiger partial charge in [0, 0.05) is 12.1 Å². The van der Waals surface area contributed by atoms with Crippen LogP contribution in [0.4, 0.5) is 0 Å². The van der Waals surface area contributed by atoms with Crippen molar-refractivity contribution in [1.82, 2.24) is 14.8 Å². The van der Waals surface area contributed by atoms with Crippen molar-refractivity contribution in [2.75, 3.05) is 0 Å². The van der Waals surface area contributed by atoms with Crippen molar-refractivity contribution in [2.24, 2.45) is 5.92 Å². The molecule has 0 unspecified atom stereocenters. The van der Waals surface area contributed by atoms with Gasteiger partial charge >= 0.3 is 0 Å². The summed E-state index contributed by atoms with van der Waals surface area (Å²) < 4.78 is 2.12. The molecule has 0 aliphatic heterocycles. The van der Waals surface area contributed by atoms with Gasteiger partial charge in [-0.15, -0.1) is 21.8 Å². The zero-order chi connectivity index (χ0) is 13.1. The maximum absolute atomic E-state index is 5.99. The summed E-state index contributed by atoms with van der Waals surface area (Å²) >= 11 is 5.99. The van der Waals surface area contributed by atoms with Crippen molar-refractivity contribution >= 4 is 11.6 Å². The quantitative estimate of drug-likeness (QED) is 0.796. The number of para-hydroxylation sites is 1. The molecular formula is C15H18ClN3. The molecule has 1 aromatic heterocycles. The Morgan fingerprint density at radius 3 is 2.42 bits per heavy atom. The first-order chi connectivity index (χ1) is 9.38. The van der Waals surface area contributed by atoms with Crippen LogP contribution in [0.5, 0.6) is 0 Å². The van der Waals surface area contributed by atoms with E-state index in [0.717, 1.165) is 29.7 Å². The summed E-state index contributed by atoms with van der Waals surface area (Å²) in [5, 5.41) is 8.59. The summed E-state index contributed by atoms with van der Waals surface area (Å²) in [7, 11) is 0. The Hall–Kier alpha value is -1.35. The lowest BCUT2D eigenvalue weighted by Gasteiger charge is -2.12. The van der Waals surface area contributed by atoms with E-state index >= 15 is 0 Å². The Morgan fingerprint density at radius 2 is 1.74 bits per heavy atom. The third kappa shape index (κ3) is 2.66. The monoisotopic (exact) mass is 275 g/mol. The maximum Gasteiger partial charge on any atom is 0.152 e. The lowest BCUT2D eigenvalue weighted by molar-refractivity contribution is 0.525. The summed E-state index contributed by atoms with van der Waals surface area (Å²) in [4.78, 5) is 0. The van der Waals surface area contributed by atoms with Crippen LogP contribution in [0, 0.1) is 5.92 Å². The summed E-state index contributed by atoms with van der Waals surface area (Å²) in [6, 6.07) is 10.2. The number of aromatic nitrogens is 3. The number of benzene rings is 1. The molecule has 0 N–H and O–H groups in total. The zero-order valence-corrected chi connectivity index (χ0v) is 11.7. The number of rotatable bonds is 4. The molecule has 1 heterocycles. The minimum Gasteiger partial charge on any atom is -0.282 e. The lowest BCUT2D eigenvalue weighted by atomic mass is 10.0. The second kappa shape index (κ2) is 5.74. The lowest BCUT2D eigenvalue weighted by Crippen LogP contribution is -2.08. The van der Waals surface area contributed by atoms with Gasteiger partial charge in [0.1, 0.15) is 5.82 Å². The second-order valence-electron chi connectivity index (χ2n) is 5.19. The maximum atomic E-state index is 5.99. The molecule has 1 aliphatic rings. The van der Waals surface area contributed by atoms with E-state index in [2.05, 4.69) is 26.9 Å². The van der Waals surface area contributed by atoms with Gasteiger partial charge in [-0.1, -0.05) is 43.9 Å². The van der Waals surface area contributed by atoms with Gasteiger partial charge in [0.05, 0.1) is 5.88 Å². The average molecular weight is 276 g/mol. The molecule has 0 saturated heterocycles. The first-order valence-corrected chi connectivity index (χ1v) is 7.46. The molecule has 0 atom stereocenters. The summed E-state index contributed by atoms with van der Waals surface area (Å²) in [6.07, 6.45) is 6.35. The number of hydrogen-bond donors (Lipinski definition) is 0. The van der Waals surface area contributed by atoms with Gasteiger partial charge in [-0.25, -0.2) is 0 Å². The van der Waals surface area contributed by atoms with Crippen molar-refractivity contribution in [1.29, 1.82) is 0 Å². The van der Waals surface area contributed by atoms with Crippen LogP contribution in [0.2, 0.25) is 0 Å². The van der Waals surface area contributed by atoms with Crippen LogP contribution in [0.25, 0.3) is 5.69 Å². The normalized spacial score (nSPS) is 16.1. The van der Waals surface area contributed by atoms with E-state index in [1.807, 2.05) is 18.2 Å². The highest BCUT2D eigenvalue weighted by Gasteiger charge is 2.20. The van der Waals surface area contributed by atoms with Crippen molar-refractivity contribution in [3.8, 4) is 5.69 Å². The van der Waals surface area contributed by atoms with Crippen molar-refractivity contribution in [3.05, 3.63) is 42.0 Å². The van der Waals surface area contributed by atoms with Crippen LogP contribution in [0.3, 0.4) is 0 Å². The zero-order valence-electron chi connectivity index (χ0n) is 10.9. The van der Waals surface area contributed by atoms with Crippen LogP contribution in [0.15, 0.2) is 30.3 Å². The van der Waals surface area contributed by atoms with Crippen LogP contribution >= 0.6 is 11.6 Å². The van der Waals surface area contributed by atoms with Crippen LogP contribution in [-0.2, 0) is 12.3 Å². The Kier molecular flexibility index (Phi) is 3.83. The van der Waals surface area contributed by atoms with E-state index in [1.165, 1.54) is 25.7 Å². The van der Waals surface area contributed by atoms with Gasteiger partial charge in [-0.05, 0) is 18.1 Å². The van der Waals surface area contributed by atoms with E-state index in [4.69, 9.17) is 11.6 Å². The molecule has 0 radical (unpaired) electrons. The van der Waals surface area contributed by atoms with Crippen molar-refractivity contribution in [2.45, 2.75) is 38.0 Å². The number of halogens is 1. The smallest absolute Gasteiger partial charge is 0.152 e. The Morgan fingerprint density at radius 1 is 1.05 bits per heavy atom. The molecular weight excluding hydrogens is 258 g/mol. The minimum absolute atomic E-state index is 0.395. The average Bonchev–Trinajstić information content (AvgIpc) is 3.09. The van der Waals surface area contributed by atoms with E-state index in [0.29, 0.717) is 5.88 Å². The third-order valence-corrected chi connectivity index (χ3v) is 4.12. The van der Waals surface area contributed by atoms with Crippen LogP contribution in [0.1, 0.15) is 37.3 Å². The predicted octanol–water partition coefficient (Wildman–Crippen LogP) is 3.74. The molecule has 1 fully saturated rings. The molecule has 19 heavy (non-hydrogen) atoms. The fraction of sp³-hybridized carbons (Fsp3) is 0.467. The van der Waals surface area contributed by atoms with Crippen LogP contribution in [-0.4, -0.2) is 14.8 Å². The highest BCUT2D eigenvalue weighted by atomic mass is 35.5. The largest absolute Gasteiger partial charge is 0.282 e. The van der Waals surface area contributed by atoms with Crippen molar-refractivity contribution in [3.63, 3.8) is 0 Å². The highest BCUT2D eigenvalue weighted by molar-refractivity contribution is 6.16. The number of alkyl halides is 1. The number of hydrogen-bond acceptors (Lipinski definition) is 2. The topological polar surface area (TPSA) is 30.7 Å². The molecule has 0 bridgehead atoms. The summed E-state index contributed by atoms with van der Waals surface area (Å²) in [6.45, 7) is 0. The van der Waals surface area contributed by atoms with Crippen LogP contribution < -0.4 is 0 Å². The fourth-order valence-electron chi connectivity index (χ4n) is 2.92. The van der Waals surface area contributed by atoms with Gasteiger partial charge < -0.3 is 0 Å². The Labute approximate surface area is 118 Å². The summed E-state index contributed by atoms with van der Waals surface area (Å²) in [5.74, 6) is 3.04. The number of nitrogens with zero attached hydrogens (tertiary/aromatic N) is 3. The summed E-state index contributed by atoms with van der Waals surface area (Å²) in [5.41, 5.74) is 1.11. The molecule has 0 amide bonds. The first-order valence-electron chi connectivity index (χ1n) is 6.93. The van der Waals surface area contributed by atoms with Gasteiger partial charge in [0.2, 0.25) is 0 Å². The standard InChI is InChI=1S/C15H18ClN3/c16-11-15-18-17-14(10-12-6-4-5-7-12)19(15)13-8-2-1-3-9-13/h1-3,8-9,12H,4-7,10-11H2. The molecule has 1 saturated carbocycles. The van der Waals surface area contributed by atoms with Crippen molar-refractivity contribution < 1.29 is 0 Å². The van der Waals surface area contributed by atoms with Gasteiger partial charge in [-0.2, -0.15) is 0 Å². The Balaban J connectivity index is 1.93. The molecule has 3 rings (SSSR count). The molecule has 100 valence electrons. The fourth-order valence-corrected chi connectivity index (χ4v) is 3.09. The van der Waals surface area contributed by atoms with Gasteiger partial charge in [0.15, 0.2) is 5.82 Å². The highest BCUT2D eigenvalue weighted by Crippen LogP contribution is 2.28. The Bertz CT molecular complexity index is 530. The third-order valence-electron chi connectivity index (χ3n) is 3.88. The first kappa shape index (κ1) is 12.7. The van der Waals surface area contributed by atoms with E-state index in [1.54, 1.807) is 0 Å². The van der Waals surface area contributed by atoms with E-state index in [-0.39, 0.29) is 0 Å². The van der Waals surface area contributed by atoms with E-state index < -0.39 is 0 Å². The van der Waals surface area contributed by atoms with Gasteiger partial charge in [0.25, 0.3) is 0 Å². The van der Waals surface area contributed by atoms with Gasteiger partial charge in [-0.3, -0.25) is 4.57 Å². The predicted molar refractivity (Wildman–Crippen MR) is 76.6 cm³/mol. The molecule has 2 aromatic rings. The second-order valence-corrected chi connectivity index (χ2v) is 5.46. The molecule has 1 aliphatic carbocycles. The molecule has 0 spiro atoms.